The van der Waals surface area contributed by atoms with E-state index in [1.807, 2.05) is 13.8 Å². The lowest BCUT2D eigenvalue weighted by Gasteiger charge is -2.29. The molecular formula is C13H25F3N2O. The van der Waals surface area contributed by atoms with Gasteiger partial charge in [0.15, 0.2) is 0 Å². The minimum atomic E-state index is -4.37. The number of alkyl halides is 3. The van der Waals surface area contributed by atoms with E-state index in [9.17, 15) is 18.0 Å². The molecule has 0 radical (unpaired) electrons. The molecule has 1 unspecified atom stereocenters. The van der Waals surface area contributed by atoms with Gasteiger partial charge < -0.3 is 10.6 Å². The first-order valence-electron chi connectivity index (χ1n) is 6.62. The highest BCUT2D eigenvalue weighted by Crippen LogP contribution is 2.21. The third-order valence-electron chi connectivity index (χ3n) is 2.66. The van der Waals surface area contributed by atoms with Gasteiger partial charge in [-0.3, -0.25) is 4.79 Å². The van der Waals surface area contributed by atoms with Crippen molar-refractivity contribution in [1.29, 1.82) is 0 Å². The van der Waals surface area contributed by atoms with Crippen LogP contribution >= 0.6 is 0 Å². The molecule has 1 atom stereocenters. The van der Waals surface area contributed by atoms with Crippen LogP contribution in [0.15, 0.2) is 0 Å². The SMILES string of the molecule is CC(C)CC(CN)C(=O)N(CC(C)C)CC(F)(F)F. The van der Waals surface area contributed by atoms with Gasteiger partial charge in [0.25, 0.3) is 0 Å². The van der Waals surface area contributed by atoms with Crippen LogP contribution in [0.5, 0.6) is 0 Å². The molecule has 0 aliphatic rings. The molecule has 6 heteroatoms. The smallest absolute Gasteiger partial charge is 0.333 e. The van der Waals surface area contributed by atoms with E-state index in [0.717, 1.165) is 4.90 Å². The van der Waals surface area contributed by atoms with Crippen molar-refractivity contribution < 1.29 is 18.0 Å². The average Bonchev–Trinajstić information content (AvgIpc) is 2.21. The predicted molar refractivity (Wildman–Crippen MR) is 69.5 cm³/mol. The molecule has 2 N–H and O–H groups in total. The maximum atomic E-state index is 12.5. The molecule has 114 valence electrons. The Morgan fingerprint density at radius 2 is 1.68 bits per heavy atom. The molecule has 0 bridgehead atoms. The summed E-state index contributed by atoms with van der Waals surface area (Å²) >= 11 is 0. The van der Waals surface area contributed by atoms with Crippen molar-refractivity contribution in [2.24, 2.45) is 23.5 Å². The average molecular weight is 282 g/mol. The lowest BCUT2D eigenvalue weighted by molar-refractivity contribution is -0.164. The van der Waals surface area contributed by atoms with E-state index in [1.165, 1.54) is 0 Å². The Bertz CT molecular complexity index is 278. The summed E-state index contributed by atoms with van der Waals surface area (Å²) in [4.78, 5) is 13.1. The van der Waals surface area contributed by atoms with Gasteiger partial charge in [0.05, 0.1) is 5.92 Å². The molecule has 0 aliphatic heterocycles. The Hall–Kier alpha value is -0.780. The van der Waals surface area contributed by atoms with Gasteiger partial charge in [-0.05, 0) is 18.3 Å². The molecule has 0 aromatic rings. The predicted octanol–water partition coefficient (Wildman–Crippen LogP) is 2.65. The number of amides is 1. The van der Waals surface area contributed by atoms with Crippen molar-refractivity contribution in [3.8, 4) is 0 Å². The van der Waals surface area contributed by atoms with Crippen LogP contribution in [0.3, 0.4) is 0 Å². The van der Waals surface area contributed by atoms with Gasteiger partial charge in [-0.25, -0.2) is 0 Å². The maximum Gasteiger partial charge on any atom is 0.406 e. The summed E-state index contributed by atoms with van der Waals surface area (Å²) in [7, 11) is 0. The van der Waals surface area contributed by atoms with Gasteiger partial charge in [-0.2, -0.15) is 13.2 Å². The molecule has 0 aliphatic carbocycles. The first-order valence-corrected chi connectivity index (χ1v) is 6.62. The Morgan fingerprint density at radius 3 is 2.00 bits per heavy atom. The van der Waals surface area contributed by atoms with Gasteiger partial charge in [0, 0.05) is 13.1 Å². The summed E-state index contributed by atoms with van der Waals surface area (Å²) in [6, 6.07) is 0. The monoisotopic (exact) mass is 282 g/mol. The van der Waals surface area contributed by atoms with Gasteiger partial charge in [0.2, 0.25) is 5.91 Å². The van der Waals surface area contributed by atoms with Gasteiger partial charge in [0.1, 0.15) is 6.54 Å². The number of hydrogen-bond donors (Lipinski definition) is 1. The van der Waals surface area contributed by atoms with Crippen LogP contribution in [0.4, 0.5) is 13.2 Å². The second-order valence-electron chi connectivity index (χ2n) is 5.79. The van der Waals surface area contributed by atoms with Crippen LogP contribution in [0, 0.1) is 17.8 Å². The Morgan fingerprint density at radius 1 is 1.16 bits per heavy atom. The fourth-order valence-electron chi connectivity index (χ4n) is 2.01. The van der Waals surface area contributed by atoms with Crippen LogP contribution in [0.25, 0.3) is 0 Å². The summed E-state index contributed by atoms with van der Waals surface area (Å²) in [6.45, 7) is 6.42. The van der Waals surface area contributed by atoms with Crippen LogP contribution < -0.4 is 5.73 Å². The van der Waals surface area contributed by atoms with Crippen LogP contribution in [0.2, 0.25) is 0 Å². The molecule has 19 heavy (non-hydrogen) atoms. The standard InChI is InChI=1S/C13H25F3N2O/c1-9(2)5-11(6-17)12(19)18(7-10(3)4)8-13(14,15)16/h9-11H,5-8,17H2,1-4H3. The van der Waals surface area contributed by atoms with Crippen LogP contribution in [-0.2, 0) is 4.79 Å². The quantitative estimate of drug-likeness (QED) is 0.780. The van der Waals surface area contributed by atoms with Crippen LogP contribution in [0.1, 0.15) is 34.1 Å². The van der Waals surface area contributed by atoms with Crippen molar-refractivity contribution >= 4 is 5.91 Å². The van der Waals surface area contributed by atoms with Gasteiger partial charge >= 0.3 is 6.18 Å². The number of nitrogens with two attached hydrogens (primary N) is 1. The summed E-state index contributed by atoms with van der Waals surface area (Å²) in [6.07, 6.45) is -3.86. The van der Waals surface area contributed by atoms with Crippen molar-refractivity contribution in [2.45, 2.75) is 40.3 Å². The largest absolute Gasteiger partial charge is 0.406 e. The topological polar surface area (TPSA) is 46.3 Å². The van der Waals surface area contributed by atoms with Crippen molar-refractivity contribution in [3.05, 3.63) is 0 Å². The number of rotatable bonds is 7. The lowest BCUT2D eigenvalue weighted by atomic mass is 9.95. The van der Waals surface area contributed by atoms with Crippen molar-refractivity contribution in [3.63, 3.8) is 0 Å². The molecule has 0 saturated heterocycles. The van der Waals surface area contributed by atoms with E-state index in [4.69, 9.17) is 5.73 Å². The molecular weight excluding hydrogens is 257 g/mol. The number of nitrogens with zero attached hydrogens (tertiary/aromatic N) is 1. The zero-order valence-corrected chi connectivity index (χ0v) is 12.1. The highest BCUT2D eigenvalue weighted by atomic mass is 19.4. The van der Waals surface area contributed by atoms with E-state index in [0.29, 0.717) is 6.42 Å². The normalized spacial score (nSPS) is 14.0. The third-order valence-corrected chi connectivity index (χ3v) is 2.66. The summed E-state index contributed by atoms with van der Waals surface area (Å²) < 4.78 is 37.6. The van der Waals surface area contributed by atoms with E-state index >= 15 is 0 Å². The molecule has 0 aromatic carbocycles. The highest BCUT2D eigenvalue weighted by Gasteiger charge is 2.35. The minimum Gasteiger partial charge on any atom is -0.333 e. The number of carbonyl (C=O) groups is 1. The molecule has 0 fully saturated rings. The molecule has 3 nitrogen and oxygen atoms in total. The number of carbonyl (C=O) groups excluding carboxylic acids is 1. The number of hydrogen-bond acceptors (Lipinski definition) is 2. The van der Waals surface area contributed by atoms with Crippen molar-refractivity contribution in [1.82, 2.24) is 4.90 Å². The molecule has 0 spiro atoms. The summed E-state index contributed by atoms with van der Waals surface area (Å²) in [5.41, 5.74) is 5.53. The van der Waals surface area contributed by atoms with Crippen LogP contribution in [-0.4, -0.2) is 36.6 Å². The van der Waals surface area contributed by atoms with E-state index in [-0.39, 0.29) is 24.9 Å². The highest BCUT2D eigenvalue weighted by molar-refractivity contribution is 5.79. The van der Waals surface area contributed by atoms with E-state index < -0.39 is 24.5 Å². The summed E-state index contributed by atoms with van der Waals surface area (Å²) in [5.74, 6) is -0.795. The summed E-state index contributed by atoms with van der Waals surface area (Å²) in [5, 5.41) is 0. The molecule has 0 rings (SSSR count). The zero-order valence-electron chi connectivity index (χ0n) is 12.1. The zero-order chi connectivity index (χ0) is 15.2. The van der Waals surface area contributed by atoms with Gasteiger partial charge in [-0.1, -0.05) is 27.7 Å². The molecule has 0 heterocycles. The molecule has 1 amide bonds. The fraction of sp³-hybridized carbons (Fsp3) is 0.923. The van der Waals surface area contributed by atoms with Crippen molar-refractivity contribution in [2.75, 3.05) is 19.6 Å². The Labute approximate surface area is 113 Å². The van der Waals surface area contributed by atoms with E-state index in [1.54, 1.807) is 13.8 Å². The second-order valence-corrected chi connectivity index (χ2v) is 5.79. The fourth-order valence-corrected chi connectivity index (χ4v) is 2.01. The van der Waals surface area contributed by atoms with E-state index in [2.05, 4.69) is 0 Å². The Balaban J connectivity index is 4.86. The lowest BCUT2D eigenvalue weighted by Crippen LogP contribution is -2.45. The molecule has 0 saturated carbocycles. The first-order chi connectivity index (χ1) is 8.56. The maximum absolute atomic E-state index is 12.5. The Kier molecular flexibility index (Phi) is 7.41. The van der Waals surface area contributed by atoms with Gasteiger partial charge in [-0.15, -0.1) is 0 Å². The third kappa shape index (κ3) is 8.08. The molecule has 0 aromatic heterocycles. The second kappa shape index (κ2) is 7.72. The minimum absolute atomic E-state index is 0.0104. The number of halogens is 3. The first kappa shape index (κ1) is 18.2.